The van der Waals surface area contributed by atoms with E-state index in [1.165, 1.54) is 34.1 Å². The highest BCUT2D eigenvalue weighted by atomic mass is 32.1. The summed E-state index contributed by atoms with van der Waals surface area (Å²) in [6.07, 6.45) is 2.72. The van der Waals surface area contributed by atoms with Crippen LogP contribution in [0.4, 0.5) is 0 Å². The molecule has 1 aliphatic rings. The highest BCUT2D eigenvalue weighted by Crippen LogP contribution is 2.29. The van der Waals surface area contributed by atoms with E-state index in [0.717, 1.165) is 12.6 Å². The van der Waals surface area contributed by atoms with Crippen LogP contribution in [0.1, 0.15) is 24.0 Å². The number of nitrogens with one attached hydrogen (secondary N) is 1. The van der Waals surface area contributed by atoms with Gasteiger partial charge in [-0.05, 0) is 41.7 Å². The van der Waals surface area contributed by atoms with E-state index in [0.29, 0.717) is 0 Å². The molecule has 1 fully saturated rings. The highest BCUT2D eigenvalue weighted by molar-refractivity contribution is 7.17. The summed E-state index contributed by atoms with van der Waals surface area (Å²) in [7, 11) is 0. The summed E-state index contributed by atoms with van der Waals surface area (Å²) in [5.41, 5.74) is 2.86. The van der Waals surface area contributed by atoms with Gasteiger partial charge in [0.2, 0.25) is 0 Å². The summed E-state index contributed by atoms with van der Waals surface area (Å²) in [6, 6.07) is 7.38. The zero-order chi connectivity index (χ0) is 10.3. The Hall–Kier alpha value is -0.860. The number of thiophene rings is 1. The fourth-order valence-corrected chi connectivity index (χ4v) is 2.98. The van der Waals surface area contributed by atoms with E-state index in [2.05, 4.69) is 35.8 Å². The summed E-state index contributed by atoms with van der Waals surface area (Å²) in [6.45, 7) is 3.23. The number of benzene rings is 1. The van der Waals surface area contributed by atoms with E-state index in [9.17, 15) is 0 Å². The lowest BCUT2D eigenvalue weighted by Gasteiger charge is -2.01. The van der Waals surface area contributed by atoms with Crippen LogP contribution in [0.3, 0.4) is 0 Å². The summed E-state index contributed by atoms with van der Waals surface area (Å²) >= 11 is 1.87. The van der Waals surface area contributed by atoms with Gasteiger partial charge in [-0.3, -0.25) is 0 Å². The Bertz CT molecular complexity index is 482. The quantitative estimate of drug-likeness (QED) is 0.830. The first-order chi connectivity index (χ1) is 7.34. The first-order valence-electron chi connectivity index (χ1n) is 5.53. The molecule has 1 nitrogen and oxygen atoms in total. The molecule has 1 aromatic carbocycles. The van der Waals surface area contributed by atoms with Crippen LogP contribution in [0.2, 0.25) is 0 Å². The van der Waals surface area contributed by atoms with E-state index in [1.807, 2.05) is 11.3 Å². The maximum absolute atomic E-state index is 3.58. The van der Waals surface area contributed by atoms with Crippen molar-refractivity contribution in [2.24, 2.45) is 0 Å². The van der Waals surface area contributed by atoms with Gasteiger partial charge in [0.1, 0.15) is 0 Å². The van der Waals surface area contributed by atoms with Gasteiger partial charge in [-0.25, -0.2) is 0 Å². The molecular formula is C13H15NS. The zero-order valence-corrected chi connectivity index (χ0v) is 9.73. The average Bonchev–Trinajstić information content (AvgIpc) is 2.97. The molecule has 1 aliphatic carbocycles. The maximum Gasteiger partial charge on any atom is 0.0375 e. The van der Waals surface area contributed by atoms with Crippen molar-refractivity contribution in [1.82, 2.24) is 5.32 Å². The number of hydrogen-bond acceptors (Lipinski definition) is 2. The topological polar surface area (TPSA) is 12.0 Å². The molecule has 2 aromatic rings. The minimum atomic E-state index is 0.796. The molecule has 3 rings (SSSR count). The smallest absolute Gasteiger partial charge is 0.0375 e. The van der Waals surface area contributed by atoms with Gasteiger partial charge in [0.15, 0.2) is 0 Å². The van der Waals surface area contributed by atoms with Crippen molar-refractivity contribution in [2.75, 3.05) is 0 Å². The zero-order valence-electron chi connectivity index (χ0n) is 8.92. The second-order valence-electron chi connectivity index (χ2n) is 4.37. The summed E-state index contributed by atoms with van der Waals surface area (Å²) in [5, 5.41) is 7.31. The minimum absolute atomic E-state index is 0.796. The number of aryl methyl sites for hydroxylation is 1. The molecule has 1 aromatic heterocycles. The third kappa shape index (κ3) is 1.80. The summed E-state index contributed by atoms with van der Waals surface area (Å²) in [5.74, 6) is 0. The Morgan fingerprint density at radius 2 is 2.27 bits per heavy atom. The van der Waals surface area contributed by atoms with Crippen LogP contribution >= 0.6 is 11.3 Å². The van der Waals surface area contributed by atoms with Crippen LogP contribution in [-0.2, 0) is 6.54 Å². The molecule has 1 heterocycles. The molecule has 1 N–H and O–H groups in total. The van der Waals surface area contributed by atoms with Gasteiger partial charge in [-0.1, -0.05) is 18.2 Å². The van der Waals surface area contributed by atoms with Crippen LogP contribution in [0.5, 0.6) is 0 Å². The molecule has 0 aliphatic heterocycles. The van der Waals surface area contributed by atoms with E-state index in [-0.39, 0.29) is 0 Å². The van der Waals surface area contributed by atoms with Crippen LogP contribution in [0.15, 0.2) is 23.6 Å². The lowest BCUT2D eigenvalue weighted by atomic mass is 10.1. The highest BCUT2D eigenvalue weighted by Gasteiger charge is 2.20. The molecule has 0 amide bonds. The normalized spacial score (nSPS) is 16.1. The molecule has 1 saturated carbocycles. The minimum Gasteiger partial charge on any atom is -0.310 e. The van der Waals surface area contributed by atoms with Gasteiger partial charge in [-0.2, -0.15) is 0 Å². The first kappa shape index (κ1) is 9.37. The molecule has 0 bridgehead atoms. The van der Waals surface area contributed by atoms with Crippen LogP contribution in [-0.4, -0.2) is 6.04 Å². The molecule has 0 spiro atoms. The number of fused-ring (bicyclic) bond motifs is 1. The standard InChI is InChI=1S/C13H15NS/c1-9-3-2-4-12-10(8-15-13(9)12)7-14-11-5-6-11/h2-4,8,11,14H,5-7H2,1H3. The second-order valence-corrected chi connectivity index (χ2v) is 5.25. The molecule has 0 unspecified atom stereocenters. The van der Waals surface area contributed by atoms with Crippen molar-refractivity contribution in [3.8, 4) is 0 Å². The van der Waals surface area contributed by atoms with Crippen molar-refractivity contribution < 1.29 is 0 Å². The Morgan fingerprint density at radius 3 is 3.07 bits per heavy atom. The van der Waals surface area contributed by atoms with Crippen molar-refractivity contribution in [2.45, 2.75) is 32.4 Å². The van der Waals surface area contributed by atoms with Crippen molar-refractivity contribution in [1.29, 1.82) is 0 Å². The van der Waals surface area contributed by atoms with Gasteiger partial charge in [0.25, 0.3) is 0 Å². The predicted molar refractivity (Wildman–Crippen MR) is 66.4 cm³/mol. The molecule has 78 valence electrons. The van der Waals surface area contributed by atoms with E-state index < -0.39 is 0 Å². The predicted octanol–water partition coefficient (Wildman–Crippen LogP) is 3.46. The fourth-order valence-electron chi connectivity index (χ4n) is 1.93. The fraction of sp³-hybridized carbons (Fsp3) is 0.385. The second kappa shape index (κ2) is 3.62. The van der Waals surface area contributed by atoms with Crippen molar-refractivity contribution in [3.05, 3.63) is 34.7 Å². The van der Waals surface area contributed by atoms with Gasteiger partial charge in [0, 0.05) is 17.3 Å². The first-order valence-corrected chi connectivity index (χ1v) is 6.41. The van der Waals surface area contributed by atoms with E-state index in [1.54, 1.807) is 0 Å². The monoisotopic (exact) mass is 217 g/mol. The van der Waals surface area contributed by atoms with Crippen LogP contribution in [0, 0.1) is 6.92 Å². The van der Waals surface area contributed by atoms with Gasteiger partial charge in [-0.15, -0.1) is 11.3 Å². The maximum atomic E-state index is 3.58. The average molecular weight is 217 g/mol. The van der Waals surface area contributed by atoms with Gasteiger partial charge < -0.3 is 5.32 Å². The van der Waals surface area contributed by atoms with Crippen molar-refractivity contribution in [3.63, 3.8) is 0 Å². The molecule has 0 atom stereocenters. The molecule has 2 heteroatoms. The Labute approximate surface area is 94.1 Å². The third-order valence-electron chi connectivity index (χ3n) is 3.04. The Kier molecular flexibility index (Phi) is 2.26. The van der Waals surface area contributed by atoms with Gasteiger partial charge in [0.05, 0.1) is 0 Å². The Balaban J connectivity index is 1.92. The Morgan fingerprint density at radius 1 is 1.40 bits per heavy atom. The SMILES string of the molecule is Cc1cccc2c(CNC3CC3)csc12. The lowest BCUT2D eigenvalue weighted by Crippen LogP contribution is -2.14. The molecule has 0 saturated heterocycles. The summed E-state index contributed by atoms with van der Waals surface area (Å²) < 4.78 is 1.45. The molecule has 15 heavy (non-hydrogen) atoms. The summed E-state index contributed by atoms with van der Waals surface area (Å²) in [4.78, 5) is 0. The van der Waals surface area contributed by atoms with Crippen molar-refractivity contribution >= 4 is 21.4 Å². The van der Waals surface area contributed by atoms with E-state index >= 15 is 0 Å². The number of hydrogen-bond donors (Lipinski definition) is 1. The lowest BCUT2D eigenvalue weighted by molar-refractivity contribution is 0.692. The number of rotatable bonds is 3. The molecular weight excluding hydrogens is 202 g/mol. The molecule has 0 radical (unpaired) electrons. The van der Waals surface area contributed by atoms with Crippen LogP contribution < -0.4 is 5.32 Å². The van der Waals surface area contributed by atoms with E-state index in [4.69, 9.17) is 0 Å². The largest absolute Gasteiger partial charge is 0.310 e. The van der Waals surface area contributed by atoms with Crippen LogP contribution in [0.25, 0.3) is 10.1 Å². The third-order valence-corrected chi connectivity index (χ3v) is 4.22. The van der Waals surface area contributed by atoms with Gasteiger partial charge >= 0.3 is 0 Å².